The van der Waals surface area contributed by atoms with Crippen molar-refractivity contribution in [1.82, 2.24) is 5.32 Å². The van der Waals surface area contributed by atoms with Gasteiger partial charge in [-0.2, -0.15) is 0 Å². The molecule has 0 bridgehead atoms. The van der Waals surface area contributed by atoms with Crippen molar-refractivity contribution >= 4 is 23.3 Å². The fourth-order valence-corrected chi connectivity index (χ4v) is 2.63. The molecule has 0 aromatic heterocycles. The molecule has 2 amide bonds. The zero-order chi connectivity index (χ0) is 16.2. The lowest BCUT2D eigenvalue weighted by molar-refractivity contribution is 0.175. The van der Waals surface area contributed by atoms with E-state index < -0.39 is 12.1 Å². The summed E-state index contributed by atoms with van der Waals surface area (Å²) in [7, 11) is 0. The lowest BCUT2D eigenvalue weighted by Gasteiger charge is -2.14. The molecule has 3 N–H and O–H groups in total. The van der Waals surface area contributed by atoms with Crippen LogP contribution in [0.3, 0.4) is 0 Å². The molecule has 2 aromatic carbocycles. The number of urea groups is 1. The first-order valence-electron chi connectivity index (χ1n) is 7.36. The summed E-state index contributed by atoms with van der Waals surface area (Å²) in [4.78, 5) is 11.9. The van der Waals surface area contributed by atoms with E-state index in [2.05, 4.69) is 10.6 Å². The Labute approximate surface area is 139 Å². The molecule has 0 saturated carbocycles. The van der Waals surface area contributed by atoms with E-state index in [-0.39, 0.29) is 6.54 Å². The summed E-state index contributed by atoms with van der Waals surface area (Å²) < 4.78 is 5.44. The molecule has 0 saturated heterocycles. The first kappa shape index (κ1) is 15.6. The highest BCUT2D eigenvalue weighted by Gasteiger charge is 2.16. The maximum absolute atomic E-state index is 11.9. The average Bonchev–Trinajstić information content (AvgIpc) is 3.02. The molecule has 23 heavy (non-hydrogen) atoms. The average molecular weight is 333 g/mol. The number of carbonyl (C=O) groups excluding carboxylic acids is 1. The van der Waals surface area contributed by atoms with Crippen LogP contribution in [0.25, 0.3) is 0 Å². The molecule has 1 heterocycles. The zero-order valence-electron chi connectivity index (χ0n) is 12.4. The van der Waals surface area contributed by atoms with Crippen LogP contribution in [0.1, 0.15) is 17.2 Å². The van der Waals surface area contributed by atoms with E-state index in [9.17, 15) is 9.90 Å². The van der Waals surface area contributed by atoms with E-state index in [0.29, 0.717) is 17.3 Å². The number of aliphatic hydroxyl groups excluding tert-OH is 1. The minimum Gasteiger partial charge on any atom is -0.493 e. The molecule has 2 aromatic rings. The molecule has 0 unspecified atom stereocenters. The summed E-state index contributed by atoms with van der Waals surface area (Å²) in [6.07, 6.45) is 0.0638. The number of carbonyl (C=O) groups is 1. The minimum atomic E-state index is -0.780. The number of ether oxygens (including phenoxy) is 1. The summed E-state index contributed by atoms with van der Waals surface area (Å²) in [6, 6.07) is 12.1. The number of nitrogens with one attached hydrogen (secondary N) is 2. The number of aliphatic hydroxyl groups is 1. The van der Waals surface area contributed by atoms with Crippen molar-refractivity contribution in [2.45, 2.75) is 12.5 Å². The standard InChI is InChI=1S/C17H17ClN2O3/c18-13-3-1-2-4-14(13)20-17(22)19-10-15(21)11-5-6-16-12(9-11)7-8-23-16/h1-6,9,15,21H,7-8,10H2,(H2,19,20,22)/t15-/m1/s1. The minimum absolute atomic E-state index is 0.107. The molecule has 5 nitrogen and oxygen atoms in total. The number of rotatable bonds is 4. The largest absolute Gasteiger partial charge is 0.493 e. The SMILES string of the molecule is O=C(NC[C@@H](O)c1ccc2c(c1)CCO2)Nc1ccccc1Cl. The van der Waals surface area contributed by atoms with E-state index in [4.69, 9.17) is 16.3 Å². The van der Waals surface area contributed by atoms with Gasteiger partial charge in [0, 0.05) is 13.0 Å². The highest BCUT2D eigenvalue weighted by atomic mass is 35.5. The van der Waals surface area contributed by atoms with Crippen LogP contribution in [0.5, 0.6) is 5.75 Å². The number of fused-ring (bicyclic) bond motifs is 1. The number of hydrogen-bond acceptors (Lipinski definition) is 3. The summed E-state index contributed by atoms with van der Waals surface area (Å²) >= 11 is 5.98. The normalized spacial score (nSPS) is 13.8. The zero-order valence-corrected chi connectivity index (χ0v) is 13.1. The van der Waals surface area contributed by atoms with Crippen molar-refractivity contribution < 1.29 is 14.6 Å². The molecule has 1 atom stereocenters. The Morgan fingerprint density at radius 3 is 2.96 bits per heavy atom. The van der Waals surface area contributed by atoms with Gasteiger partial charge in [0.05, 0.1) is 23.4 Å². The molecule has 3 rings (SSSR count). The summed E-state index contributed by atoms with van der Waals surface area (Å²) in [5.41, 5.74) is 2.37. The van der Waals surface area contributed by atoms with Crippen molar-refractivity contribution in [3.8, 4) is 5.75 Å². The van der Waals surface area contributed by atoms with Gasteiger partial charge in [0.15, 0.2) is 0 Å². The molecule has 0 fully saturated rings. The van der Waals surface area contributed by atoms with E-state index >= 15 is 0 Å². The topological polar surface area (TPSA) is 70.6 Å². The number of anilines is 1. The van der Waals surface area contributed by atoms with Crippen molar-refractivity contribution in [1.29, 1.82) is 0 Å². The van der Waals surface area contributed by atoms with Crippen LogP contribution in [0.2, 0.25) is 5.02 Å². The Balaban J connectivity index is 1.55. The smallest absolute Gasteiger partial charge is 0.319 e. The third-order valence-electron chi connectivity index (χ3n) is 3.68. The predicted octanol–water partition coefficient (Wildman–Crippen LogP) is 3.13. The first-order valence-corrected chi connectivity index (χ1v) is 7.74. The van der Waals surface area contributed by atoms with Crippen LogP contribution in [0.15, 0.2) is 42.5 Å². The van der Waals surface area contributed by atoms with Crippen molar-refractivity contribution in [3.63, 3.8) is 0 Å². The summed E-state index contributed by atoms with van der Waals surface area (Å²) in [5.74, 6) is 0.866. The molecule has 6 heteroatoms. The Kier molecular flexibility index (Phi) is 4.69. The maximum Gasteiger partial charge on any atom is 0.319 e. The van der Waals surface area contributed by atoms with Gasteiger partial charge in [-0.1, -0.05) is 29.8 Å². The molecule has 0 radical (unpaired) electrons. The lowest BCUT2D eigenvalue weighted by Crippen LogP contribution is -2.32. The van der Waals surface area contributed by atoms with E-state index in [1.807, 2.05) is 18.2 Å². The predicted molar refractivity (Wildman–Crippen MR) is 89.1 cm³/mol. The van der Waals surface area contributed by atoms with Crippen LogP contribution in [-0.4, -0.2) is 24.3 Å². The Morgan fingerprint density at radius 1 is 1.30 bits per heavy atom. The Morgan fingerprint density at radius 2 is 2.13 bits per heavy atom. The van der Waals surface area contributed by atoms with Crippen LogP contribution >= 0.6 is 11.6 Å². The quantitative estimate of drug-likeness (QED) is 0.805. The molecule has 1 aliphatic rings. The molecule has 0 aliphatic carbocycles. The molecule has 120 valence electrons. The van der Waals surface area contributed by atoms with Gasteiger partial charge in [-0.25, -0.2) is 4.79 Å². The lowest BCUT2D eigenvalue weighted by atomic mass is 10.0. The second-order valence-corrected chi connectivity index (χ2v) is 5.70. The van der Waals surface area contributed by atoms with Gasteiger partial charge in [0.1, 0.15) is 5.75 Å². The van der Waals surface area contributed by atoms with Gasteiger partial charge < -0.3 is 20.5 Å². The number of halogens is 1. The fraction of sp³-hybridized carbons (Fsp3) is 0.235. The second kappa shape index (κ2) is 6.89. The summed E-state index contributed by atoms with van der Waals surface area (Å²) in [5, 5.41) is 16.0. The van der Waals surface area contributed by atoms with Gasteiger partial charge in [-0.3, -0.25) is 0 Å². The first-order chi connectivity index (χ1) is 11.1. The van der Waals surface area contributed by atoms with Crippen molar-refractivity contribution in [2.24, 2.45) is 0 Å². The van der Waals surface area contributed by atoms with E-state index in [0.717, 1.165) is 23.3 Å². The maximum atomic E-state index is 11.9. The van der Waals surface area contributed by atoms with E-state index in [1.54, 1.807) is 24.3 Å². The Hall–Kier alpha value is -2.24. The summed E-state index contributed by atoms with van der Waals surface area (Å²) in [6.45, 7) is 0.781. The van der Waals surface area contributed by atoms with Gasteiger partial charge >= 0.3 is 6.03 Å². The Bertz CT molecular complexity index is 721. The van der Waals surface area contributed by atoms with Gasteiger partial charge in [0.2, 0.25) is 0 Å². The van der Waals surface area contributed by atoms with Crippen LogP contribution in [0, 0.1) is 0 Å². The number of amides is 2. The van der Waals surface area contributed by atoms with Gasteiger partial charge in [0.25, 0.3) is 0 Å². The monoisotopic (exact) mass is 332 g/mol. The number of para-hydroxylation sites is 1. The third kappa shape index (κ3) is 3.75. The number of hydrogen-bond donors (Lipinski definition) is 3. The molecule has 0 spiro atoms. The van der Waals surface area contributed by atoms with E-state index in [1.165, 1.54) is 0 Å². The van der Waals surface area contributed by atoms with Gasteiger partial charge in [-0.15, -0.1) is 0 Å². The molecule has 1 aliphatic heterocycles. The second-order valence-electron chi connectivity index (χ2n) is 5.30. The van der Waals surface area contributed by atoms with Crippen LogP contribution in [0.4, 0.5) is 10.5 Å². The van der Waals surface area contributed by atoms with Gasteiger partial charge in [-0.05, 0) is 35.4 Å². The highest BCUT2D eigenvalue weighted by Crippen LogP contribution is 2.28. The fourth-order valence-electron chi connectivity index (χ4n) is 2.45. The van der Waals surface area contributed by atoms with Crippen LogP contribution < -0.4 is 15.4 Å². The number of benzene rings is 2. The van der Waals surface area contributed by atoms with Crippen LogP contribution in [-0.2, 0) is 6.42 Å². The molecular weight excluding hydrogens is 316 g/mol. The highest BCUT2D eigenvalue weighted by molar-refractivity contribution is 6.33. The molecular formula is C17H17ClN2O3. The van der Waals surface area contributed by atoms with Crippen molar-refractivity contribution in [2.75, 3.05) is 18.5 Å². The third-order valence-corrected chi connectivity index (χ3v) is 4.01. The van der Waals surface area contributed by atoms with Crippen molar-refractivity contribution in [3.05, 3.63) is 58.6 Å².